The Hall–Kier alpha value is -7.70. The number of benzene rings is 5. The van der Waals surface area contributed by atoms with Crippen molar-refractivity contribution in [2.75, 3.05) is 27.2 Å². The number of rotatable bonds is 18. The molecule has 2 saturated heterocycles. The molecule has 426 valence electrons. The Kier molecular flexibility index (Phi) is 18.9. The molecule has 2 heterocycles. The molecule has 0 saturated carbocycles. The number of carbonyl (C=O) groups excluding carboxylic acids is 8. The lowest BCUT2D eigenvalue weighted by Crippen LogP contribution is -2.59. The van der Waals surface area contributed by atoms with Crippen LogP contribution in [0.15, 0.2) is 109 Å². The van der Waals surface area contributed by atoms with Crippen molar-refractivity contribution in [3.63, 3.8) is 0 Å². The molecule has 0 spiro atoms. The highest BCUT2D eigenvalue weighted by Gasteiger charge is 2.48. The molecule has 5 aromatic rings. The minimum absolute atomic E-state index is 0.0455. The fraction of sp³-hybridized carbons (Fsp3) is 0.452. The average Bonchev–Trinajstić information content (AvgIpc) is 4.17. The molecule has 2 aliphatic heterocycles. The molecule has 0 aliphatic carbocycles. The molecule has 0 aromatic heterocycles. The van der Waals surface area contributed by atoms with Crippen LogP contribution < -0.4 is 42.5 Å². The Morgan fingerprint density at radius 1 is 0.475 bits per heavy atom. The van der Waals surface area contributed by atoms with E-state index in [1.165, 1.54) is 15.9 Å². The first-order valence-electron chi connectivity index (χ1n) is 27.6. The van der Waals surface area contributed by atoms with Gasteiger partial charge < -0.3 is 52.3 Å². The molecule has 5 aromatic carbocycles. The van der Waals surface area contributed by atoms with E-state index in [-0.39, 0.29) is 48.9 Å². The van der Waals surface area contributed by atoms with Gasteiger partial charge >= 0.3 is 0 Å². The highest BCUT2D eigenvalue weighted by molar-refractivity contribution is 6.01. The summed E-state index contributed by atoms with van der Waals surface area (Å²) in [7, 11) is 3.29. The maximum Gasteiger partial charge on any atom is 0.251 e. The van der Waals surface area contributed by atoms with Gasteiger partial charge in [-0.2, -0.15) is 0 Å². The van der Waals surface area contributed by atoms with Crippen LogP contribution in [-0.2, 0) is 28.8 Å². The van der Waals surface area contributed by atoms with E-state index >= 15 is 0 Å². The standard InChI is InChI=1S/C62H80N10O8/c1-35(45-28-18-22-39-20-13-15-26-47(39)45)65-57(77)49-31-43(33-71(49)59(79)51(61(5,6)7)69-53(73)37(3)63-11)67-55(75)41-24-17-25-42(30-41)56(76)68-44-32-50(58(78)66-36(2)46-29-19-23-40-21-14-16-27-48(40)46)72(34-44)60(80)52(62(8,9)10)70-54(74)38(4)64-12/h13-30,35-38,43-44,49-52,63-64H,31-34H2,1-12H3,(H,65,77)(H,66,78)(H,67,75)(H,68,76)(H,69,73)(H,70,74)/t35-,36?,37+,38+,43+,44+,49?,50?,51-,52?/m1/s1. The molecular weight excluding hydrogens is 1010 g/mol. The van der Waals surface area contributed by atoms with Crippen molar-refractivity contribution in [2.24, 2.45) is 10.8 Å². The summed E-state index contributed by atoms with van der Waals surface area (Å²) < 4.78 is 0. The van der Waals surface area contributed by atoms with Crippen LogP contribution in [0.5, 0.6) is 0 Å². The molecule has 8 amide bonds. The summed E-state index contributed by atoms with van der Waals surface area (Å²) in [5, 5.41) is 27.9. The number of likely N-dealkylation sites (N-methyl/N-ethyl adjacent to an activating group) is 2. The van der Waals surface area contributed by atoms with Gasteiger partial charge in [-0.3, -0.25) is 38.4 Å². The van der Waals surface area contributed by atoms with Crippen LogP contribution in [-0.4, -0.2) is 133 Å². The Morgan fingerprint density at radius 3 is 1.19 bits per heavy atom. The predicted molar refractivity (Wildman–Crippen MR) is 310 cm³/mol. The summed E-state index contributed by atoms with van der Waals surface area (Å²) in [6.07, 6.45) is 0.119. The number of likely N-dealkylation sites (tertiary alicyclic amines) is 2. The second-order valence-electron chi connectivity index (χ2n) is 23.6. The first-order valence-corrected chi connectivity index (χ1v) is 27.6. The molecule has 8 N–H and O–H groups in total. The van der Waals surface area contributed by atoms with E-state index in [0.29, 0.717) is 0 Å². The molecular formula is C62H80N10O8. The van der Waals surface area contributed by atoms with E-state index in [1.807, 2.05) is 140 Å². The SMILES string of the molecule is CN[C@@H](C)C(=O)NC(C(=O)N1C[C@@H](NC(=O)c2cccc(C(=O)N[C@H]3CC(C(=O)N[C@H](C)c4cccc5ccccc45)N(C(=O)[C@@H](NC(=O)[C@H](C)NC)C(C)(C)C)C3)c2)CC1C(=O)NC(C)c1cccc2ccccc12)C(C)(C)C. The smallest absolute Gasteiger partial charge is 0.251 e. The number of nitrogens with zero attached hydrogens (tertiary/aromatic N) is 2. The van der Waals surface area contributed by atoms with Crippen molar-refractivity contribution in [2.45, 2.75) is 142 Å². The normalized spacial score (nSPS) is 19.7. The zero-order chi connectivity index (χ0) is 58.4. The summed E-state index contributed by atoms with van der Waals surface area (Å²) in [5.74, 6) is -3.69. The minimum atomic E-state index is -1.03. The second kappa shape index (κ2) is 25.2. The topological polar surface area (TPSA) is 239 Å². The zero-order valence-corrected chi connectivity index (χ0v) is 48.2. The molecule has 0 bridgehead atoms. The summed E-state index contributed by atoms with van der Waals surface area (Å²) in [6, 6.07) is 25.9. The van der Waals surface area contributed by atoms with Crippen LogP contribution in [0.1, 0.15) is 126 Å². The fourth-order valence-electron chi connectivity index (χ4n) is 10.7. The van der Waals surface area contributed by atoms with E-state index < -0.39 is 107 Å². The molecule has 80 heavy (non-hydrogen) atoms. The number of amides is 8. The van der Waals surface area contributed by atoms with Crippen LogP contribution in [0.4, 0.5) is 0 Å². The van der Waals surface area contributed by atoms with E-state index in [9.17, 15) is 38.4 Å². The average molecular weight is 1090 g/mol. The lowest BCUT2D eigenvalue weighted by atomic mass is 9.85. The van der Waals surface area contributed by atoms with Gasteiger partial charge in [-0.05, 0) is 116 Å². The lowest BCUT2D eigenvalue weighted by Gasteiger charge is -2.36. The third kappa shape index (κ3) is 13.8. The summed E-state index contributed by atoms with van der Waals surface area (Å²) in [4.78, 5) is 116. The number of fused-ring (bicyclic) bond motifs is 2. The molecule has 10 atom stereocenters. The number of hydrogen-bond donors (Lipinski definition) is 8. The predicted octanol–water partition coefficient (Wildman–Crippen LogP) is 5.42. The van der Waals surface area contributed by atoms with E-state index in [1.54, 1.807) is 46.1 Å². The molecule has 2 fully saturated rings. The quantitative estimate of drug-likeness (QED) is 0.0554. The minimum Gasteiger partial charge on any atom is -0.348 e. The Morgan fingerprint density at radius 2 is 0.825 bits per heavy atom. The number of nitrogens with one attached hydrogen (secondary N) is 8. The number of carbonyl (C=O) groups is 8. The van der Waals surface area contributed by atoms with Gasteiger partial charge in [0.1, 0.15) is 24.2 Å². The van der Waals surface area contributed by atoms with Gasteiger partial charge in [0, 0.05) is 36.3 Å². The molecule has 18 nitrogen and oxygen atoms in total. The molecule has 18 heteroatoms. The Balaban J connectivity index is 1.10. The van der Waals surface area contributed by atoms with Crippen molar-refractivity contribution in [1.29, 1.82) is 0 Å². The maximum atomic E-state index is 14.8. The lowest BCUT2D eigenvalue weighted by molar-refractivity contribution is -0.144. The first-order chi connectivity index (χ1) is 37.8. The van der Waals surface area contributed by atoms with E-state index in [0.717, 1.165) is 32.7 Å². The van der Waals surface area contributed by atoms with Crippen LogP contribution in [0.2, 0.25) is 0 Å². The summed E-state index contributed by atoms with van der Waals surface area (Å²) in [6.45, 7) is 18.0. The second-order valence-corrected chi connectivity index (χ2v) is 23.6. The first kappa shape index (κ1) is 60.0. The summed E-state index contributed by atoms with van der Waals surface area (Å²) >= 11 is 0. The van der Waals surface area contributed by atoms with Crippen molar-refractivity contribution in [3.8, 4) is 0 Å². The monoisotopic (exact) mass is 1090 g/mol. The van der Waals surface area contributed by atoms with E-state index in [4.69, 9.17) is 0 Å². The molecule has 4 unspecified atom stereocenters. The third-order valence-corrected chi connectivity index (χ3v) is 15.6. The van der Waals surface area contributed by atoms with Crippen LogP contribution in [0, 0.1) is 10.8 Å². The Bertz CT molecular complexity index is 2920. The van der Waals surface area contributed by atoms with Gasteiger partial charge in [-0.1, -0.05) is 133 Å². The van der Waals surface area contributed by atoms with Gasteiger partial charge in [-0.15, -0.1) is 0 Å². The van der Waals surface area contributed by atoms with Crippen LogP contribution in [0.25, 0.3) is 21.5 Å². The van der Waals surface area contributed by atoms with Crippen molar-refractivity contribution in [3.05, 3.63) is 131 Å². The van der Waals surface area contributed by atoms with E-state index in [2.05, 4.69) is 42.5 Å². The Labute approximate surface area is 469 Å². The van der Waals surface area contributed by atoms with Gasteiger partial charge in [0.05, 0.1) is 24.2 Å². The van der Waals surface area contributed by atoms with Crippen LogP contribution >= 0.6 is 0 Å². The van der Waals surface area contributed by atoms with Crippen molar-refractivity contribution in [1.82, 2.24) is 52.3 Å². The van der Waals surface area contributed by atoms with Gasteiger partial charge in [-0.25, -0.2) is 0 Å². The fourth-order valence-corrected chi connectivity index (χ4v) is 10.7. The van der Waals surface area contributed by atoms with Crippen molar-refractivity contribution < 1.29 is 38.4 Å². The largest absolute Gasteiger partial charge is 0.348 e. The highest BCUT2D eigenvalue weighted by atomic mass is 16.2. The van der Waals surface area contributed by atoms with Gasteiger partial charge in [0.2, 0.25) is 35.4 Å². The molecule has 0 radical (unpaired) electrons. The van der Waals surface area contributed by atoms with Crippen molar-refractivity contribution >= 4 is 68.8 Å². The van der Waals surface area contributed by atoms with Crippen LogP contribution in [0.3, 0.4) is 0 Å². The molecule has 2 aliphatic rings. The maximum absolute atomic E-state index is 14.8. The highest BCUT2D eigenvalue weighted by Crippen LogP contribution is 2.31. The molecule has 7 rings (SSSR count). The number of hydrogen-bond acceptors (Lipinski definition) is 10. The zero-order valence-electron chi connectivity index (χ0n) is 48.2. The third-order valence-electron chi connectivity index (χ3n) is 15.6. The van der Waals surface area contributed by atoms with Gasteiger partial charge in [0.25, 0.3) is 11.8 Å². The summed E-state index contributed by atoms with van der Waals surface area (Å²) in [5.41, 5.74) is 0.514. The van der Waals surface area contributed by atoms with Gasteiger partial charge in [0.15, 0.2) is 0 Å².